The fraction of sp³-hybridized carbons (Fsp3) is 0.909. The van der Waals surface area contributed by atoms with Crippen LogP contribution in [0.15, 0.2) is 0 Å². The normalized spacial score (nSPS) is 26.7. The third-order valence-electron chi connectivity index (χ3n) is 2.87. The van der Waals surface area contributed by atoms with Crippen molar-refractivity contribution < 1.29 is 4.79 Å². The second kappa shape index (κ2) is 5.21. The van der Waals surface area contributed by atoms with Crippen LogP contribution in [0.5, 0.6) is 0 Å². The highest BCUT2D eigenvalue weighted by atomic mass is 32.2. The van der Waals surface area contributed by atoms with Crippen molar-refractivity contribution in [2.45, 2.75) is 38.5 Å². The highest BCUT2D eigenvalue weighted by molar-refractivity contribution is 8.00. The zero-order chi connectivity index (χ0) is 11.5. The number of hydrogen-bond donors (Lipinski definition) is 2. The van der Waals surface area contributed by atoms with E-state index in [9.17, 15) is 4.79 Å². The zero-order valence-corrected chi connectivity index (χ0v) is 10.9. The number of thioether (sulfide) groups is 1. The van der Waals surface area contributed by atoms with Gasteiger partial charge >= 0.3 is 0 Å². The molecule has 0 saturated carbocycles. The van der Waals surface area contributed by atoms with Crippen molar-refractivity contribution >= 4 is 17.7 Å². The predicted molar refractivity (Wildman–Crippen MR) is 66.2 cm³/mol. The maximum Gasteiger partial charge on any atom is 0.226 e. The van der Waals surface area contributed by atoms with Gasteiger partial charge in [-0.1, -0.05) is 6.92 Å². The zero-order valence-electron chi connectivity index (χ0n) is 10.1. The van der Waals surface area contributed by atoms with Crippen LogP contribution >= 0.6 is 11.8 Å². The Kier molecular flexibility index (Phi) is 4.46. The fourth-order valence-electron chi connectivity index (χ4n) is 1.78. The van der Waals surface area contributed by atoms with Gasteiger partial charge in [0.05, 0.1) is 5.41 Å². The molecule has 88 valence electrons. The van der Waals surface area contributed by atoms with Crippen LogP contribution in [0.4, 0.5) is 0 Å². The topological polar surface area (TPSA) is 41.1 Å². The Morgan fingerprint density at radius 1 is 1.53 bits per heavy atom. The molecular weight excluding hydrogens is 208 g/mol. The average Bonchev–Trinajstić information content (AvgIpc) is 2.60. The molecular formula is C11H22N2OS. The SMILES string of the molecule is CNC(=O)C(C)(C)CNC1CSC(C)C1. The molecule has 0 radical (unpaired) electrons. The average molecular weight is 230 g/mol. The van der Waals surface area contributed by atoms with Crippen LogP contribution in [-0.2, 0) is 4.79 Å². The predicted octanol–water partition coefficient (Wildman–Crippen LogP) is 1.24. The van der Waals surface area contributed by atoms with E-state index in [0.717, 1.165) is 11.8 Å². The summed E-state index contributed by atoms with van der Waals surface area (Å²) in [5.74, 6) is 1.28. The van der Waals surface area contributed by atoms with Crippen LogP contribution in [0.3, 0.4) is 0 Å². The summed E-state index contributed by atoms with van der Waals surface area (Å²) in [6, 6.07) is 0.578. The Balaban J connectivity index is 2.32. The summed E-state index contributed by atoms with van der Waals surface area (Å²) in [5, 5.41) is 6.95. The summed E-state index contributed by atoms with van der Waals surface area (Å²) in [7, 11) is 1.69. The lowest BCUT2D eigenvalue weighted by Gasteiger charge is -2.25. The number of rotatable bonds is 4. The van der Waals surface area contributed by atoms with E-state index in [2.05, 4.69) is 17.6 Å². The fourth-order valence-corrected chi connectivity index (χ4v) is 2.96. The second-order valence-corrected chi connectivity index (χ2v) is 6.39. The molecule has 1 amide bonds. The molecule has 3 nitrogen and oxygen atoms in total. The minimum Gasteiger partial charge on any atom is -0.359 e. The highest BCUT2D eigenvalue weighted by Gasteiger charge is 2.29. The molecule has 0 bridgehead atoms. The van der Waals surface area contributed by atoms with Gasteiger partial charge < -0.3 is 10.6 Å². The van der Waals surface area contributed by atoms with Gasteiger partial charge in [0.2, 0.25) is 5.91 Å². The molecule has 1 saturated heterocycles. The lowest BCUT2D eigenvalue weighted by molar-refractivity contribution is -0.128. The third kappa shape index (κ3) is 3.68. The lowest BCUT2D eigenvalue weighted by Crippen LogP contribution is -2.45. The Morgan fingerprint density at radius 3 is 2.67 bits per heavy atom. The molecule has 0 spiro atoms. The lowest BCUT2D eigenvalue weighted by atomic mass is 9.92. The quantitative estimate of drug-likeness (QED) is 0.763. The van der Waals surface area contributed by atoms with Gasteiger partial charge in [-0.3, -0.25) is 4.79 Å². The van der Waals surface area contributed by atoms with E-state index in [0.29, 0.717) is 6.04 Å². The van der Waals surface area contributed by atoms with Gasteiger partial charge in [-0.2, -0.15) is 11.8 Å². The molecule has 4 heteroatoms. The van der Waals surface area contributed by atoms with Crippen molar-refractivity contribution in [3.63, 3.8) is 0 Å². The van der Waals surface area contributed by atoms with E-state index in [1.54, 1.807) is 7.05 Å². The molecule has 2 atom stereocenters. The van der Waals surface area contributed by atoms with Gasteiger partial charge in [-0.15, -0.1) is 0 Å². The van der Waals surface area contributed by atoms with Gasteiger partial charge in [-0.25, -0.2) is 0 Å². The molecule has 2 N–H and O–H groups in total. The molecule has 0 aliphatic carbocycles. The Bertz CT molecular complexity index is 231. The van der Waals surface area contributed by atoms with Crippen LogP contribution in [0, 0.1) is 5.41 Å². The van der Waals surface area contributed by atoms with E-state index >= 15 is 0 Å². The molecule has 1 heterocycles. The van der Waals surface area contributed by atoms with Crippen LogP contribution in [0.2, 0.25) is 0 Å². The summed E-state index contributed by atoms with van der Waals surface area (Å²) in [6.45, 7) is 6.97. The number of nitrogens with one attached hydrogen (secondary N) is 2. The number of carbonyl (C=O) groups excluding carboxylic acids is 1. The van der Waals surface area contributed by atoms with Crippen molar-refractivity contribution in [2.75, 3.05) is 19.3 Å². The van der Waals surface area contributed by atoms with Gasteiger partial charge in [-0.05, 0) is 20.3 Å². The first-order chi connectivity index (χ1) is 6.95. The van der Waals surface area contributed by atoms with Crippen molar-refractivity contribution in [1.82, 2.24) is 10.6 Å². The number of hydrogen-bond acceptors (Lipinski definition) is 3. The molecule has 0 aromatic rings. The summed E-state index contributed by atoms with van der Waals surface area (Å²) in [5.41, 5.74) is -0.314. The summed E-state index contributed by atoms with van der Waals surface area (Å²) in [6.07, 6.45) is 1.22. The van der Waals surface area contributed by atoms with E-state index in [1.165, 1.54) is 12.2 Å². The van der Waals surface area contributed by atoms with Gasteiger partial charge in [0.15, 0.2) is 0 Å². The Morgan fingerprint density at radius 2 is 2.20 bits per heavy atom. The summed E-state index contributed by atoms with van der Waals surface area (Å²) < 4.78 is 0. The first-order valence-corrected chi connectivity index (χ1v) is 6.58. The minimum absolute atomic E-state index is 0.105. The molecule has 0 aromatic heterocycles. The Hall–Kier alpha value is -0.220. The number of carbonyl (C=O) groups is 1. The van der Waals surface area contributed by atoms with Gasteiger partial charge in [0, 0.05) is 30.6 Å². The molecule has 1 rings (SSSR count). The van der Waals surface area contributed by atoms with Crippen LogP contribution in [-0.4, -0.2) is 36.5 Å². The molecule has 1 fully saturated rings. The van der Waals surface area contributed by atoms with Crippen LogP contribution < -0.4 is 10.6 Å². The van der Waals surface area contributed by atoms with E-state index in [4.69, 9.17) is 0 Å². The summed E-state index contributed by atoms with van der Waals surface area (Å²) in [4.78, 5) is 11.5. The molecule has 2 unspecified atom stereocenters. The van der Waals surface area contributed by atoms with E-state index in [-0.39, 0.29) is 11.3 Å². The maximum absolute atomic E-state index is 11.5. The van der Waals surface area contributed by atoms with Gasteiger partial charge in [0.25, 0.3) is 0 Å². The van der Waals surface area contributed by atoms with Crippen molar-refractivity contribution in [2.24, 2.45) is 5.41 Å². The standard InChI is InChI=1S/C11H22N2OS/c1-8-5-9(6-15-8)13-7-11(2,3)10(14)12-4/h8-9,13H,5-7H2,1-4H3,(H,12,14). The second-order valence-electron chi connectivity index (χ2n) is 4.92. The van der Waals surface area contributed by atoms with Crippen LogP contribution in [0.25, 0.3) is 0 Å². The van der Waals surface area contributed by atoms with Crippen molar-refractivity contribution in [1.29, 1.82) is 0 Å². The number of amides is 1. The van der Waals surface area contributed by atoms with Crippen molar-refractivity contribution in [3.05, 3.63) is 0 Å². The van der Waals surface area contributed by atoms with E-state index in [1.807, 2.05) is 25.6 Å². The molecule has 1 aliphatic rings. The smallest absolute Gasteiger partial charge is 0.226 e. The first-order valence-electron chi connectivity index (χ1n) is 5.53. The first kappa shape index (κ1) is 12.8. The third-order valence-corrected chi connectivity index (χ3v) is 4.23. The summed E-state index contributed by atoms with van der Waals surface area (Å²) >= 11 is 2.01. The largest absolute Gasteiger partial charge is 0.359 e. The van der Waals surface area contributed by atoms with Crippen molar-refractivity contribution in [3.8, 4) is 0 Å². The van der Waals surface area contributed by atoms with Gasteiger partial charge in [0.1, 0.15) is 0 Å². The molecule has 1 aliphatic heterocycles. The van der Waals surface area contributed by atoms with Crippen LogP contribution in [0.1, 0.15) is 27.2 Å². The highest BCUT2D eigenvalue weighted by Crippen LogP contribution is 2.26. The maximum atomic E-state index is 11.5. The minimum atomic E-state index is -0.314. The Labute approximate surface area is 96.8 Å². The monoisotopic (exact) mass is 230 g/mol. The molecule has 0 aromatic carbocycles. The van der Waals surface area contributed by atoms with E-state index < -0.39 is 0 Å². The molecule has 15 heavy (non-hydrogen) atoms.